The lowest BCUT2D eigenvalue weighted by atomic mass is 10.1. The minimum absolute atomic E-state index is 0.0952. The second kappa shape index (κ2) is 4.35. The highest BCUT2D eigenvalue weighted by atomic mass is 19.1. The number of carbonyl (C=O) groups is 1. The number of hydrogen-bond acceptors (Lipinski definition) is 3. The number of ketones is 1. The van der Waals surface area contributed by atoms with E-state index in [1.54, 1.807) is 0 Å². The normalized spacial score (nSPS) is 26.7. The molecule has 0 aromatic heterocycles. The minimum Gasteiger partial charge on any atom is -0.507 e. The van der Waals surface area contributed by atoms with Crippen molar-refractivity contribution in [2.24, 2.45) is 5.92 Å². The molecule has 2 fully saturated rings. The first kappa shape index (κ1) is 11.7. The van der Waals surface area contributed by atoms with Crippen LogP contribution in [0.1, 0.15) is 29.6 Å². The molecule has 96 valence electrons. The van der Waals surface area contributed by atoms with E-state index in [4.69, 9.17) is 0 Å². The number of benzene rings is 1. The van der Waals surface area contributed by atoms with Gasteiger partial charge in [-0.2, -0.15) is 0 Å². The third-order valence-electron chi connectivity index (χ3n) is 4.13. The van der Waals surface area contributed by atoms with E-state index >= 15 is 0 Å². The van der Waals surface area contributed by atoms with Gasteiger partial charge in [-0.1, -0.05) is 0 Å². The molecule has 1 aliphatic carbocycles. The molecule has 1 aliphatic heterocycles. The quantitative estimate of drug-likeness (QED) is 0.835. The molecular formula is C14H16FNO2. The standard InChI is InChI=1S/C14H16FNO2/c15-10-2-4-13(17)12(6-10)14(18)8-16-7-9-1-3-11(16)5-9/h2,4,6,9,11,17H,1,3,5,7-8H2. The summed E-state index contributed by atoms with van der Waals surface area (Å²) in [5.41, 5.74) is 0.0952. The number of piperidine rings is 1. The molecule has 1 saturated heterocycles. The Bertz CT molecular complexity index is 489. The number of hydrogen-bond donors (Lipinski definition) is 1. The number of fused-ring (bicyclic) bond motifs is 2. The molecule has 1 aromatic carbocycles. The molecule has 1 aromatic rings. The van der Waals surface area contributed by atoms with Gasteiger partial charge in [0.2, 0.25) is 0 Å². The molecule has 2 unspecified atom stereocenters. The molecule has 2 atom stereocenters. The van der Waals surface area contributed by atoms with E-state index in [9.17, 15) is 14.3 Å². The summed E-state index contributed by atoms with van der Waals surface area (Å²) in [5, 5.41) is 9.61. The Morgan fingerprint density at radius 3 is 2.94 bits per heavy atom. The summed E-state index contributed by atoms with van der Waals surface area (Å²) in [6.45, 7) is 1.25. The van der Waals surface area contributed by atoms with Crippen LogP contribution in [0.25, 0.3) is 0 Å². The van der Waals surface area contributed by atoms with E-state index in [0.29, 0.717) is 6.04 Å². The summed E-state index contributed by atoms with van der Waals surface area (Å²) in [6, 6.07) is 4.02. The third-order valence-corrected chi connectivity index (χ3v) is 4.13. The first-order chi connectivity index (χ1) is 8.63. The summed E-state index contributed by atoms with van der Waals surface area (Å²) in [5.74, 6) is -0.0895. The second-order valence-corrected chi connectivity index (χ2v) is 5.35. The second-order valence-electron chi connectivity index (χ2n) is 5.35. The maximum absolute atomic E-state index is 13.1. The molecule has 18 heavy (non-hydrogen) atoms. The first-order valence-electron chi connectivity index (χ1n) is 6.39. The van der Waals surface area contributed by atoms with Crippen LogP contribution >= 0.6 is 0 Å². The molecule has 2 bridgehead atoms. The SMILES string of the molecule is O=C(CN1CC2CCC1C2)c1cc(F)ccc1O. The van der Waals surface area contributed by atoms with Crippen LogP contribution in [0.4, 0.5) is 4.39 Å². The zero-order valence-electron chi connectivity index (χ0n) is 10.1. The molecule has 1 N–H and O–H groups in total. The number of nitrogens with zero attached hydrogens (tertiary/aromatic N) is 1. The predicted molar refractivity (Wildman–Crippen MR) is 65.1 cm³/mol. The zero-order chi connectivity index (χ0) is 12.7. The van der Waals surface area contributed by atoms with Crippen molar-refractivity contribution in [3.8, 4) is 5.75 Å². The highest BCUT2D eigenvalue weighted by Crippen LogP contribution is 2.37. The number of halogens is 1. The van der Waals surface area contributed by atoms with Crippen molar-refractivity contribution in [3.63, 3.8) is 0 Å². The van der Waals surface area contributed by atoms with Crippen molar-refractivity contribution in [2.45, 2.75) is 25.3 Å². The molecule has 4 heteroatoms. The molecule has 0 spiro atoms. The Labute approximate surface area is 105 Å². The van der Waals surface area contributed by atoms with Crippen molar-refractivity contribution in [1.29, 1.82) is 0 Å². The van der Waals surface area contributed by atoms with E-state index in [2.05, 4.69) is 4.90 Å². The van der Waals surface area contributed by atoms with Gasteiger partial charge in [0.1, 0.15) is 11.6 Å². The smallest absolute Gasteiger partial charge is 0.180 e. The summed E-state index contributed by atoms with van der Waals surface area (Å²) < 4.78 is 13.1. The van der Waals surface area contributed by atoms with Crippen LogP contribution in [0.5, 0.6) is 5.75 Å². The molecule has 1 heterocycles. The van der Waals surface area contributed by atoms with Crippen LogP contribution < -0.4 is 0 Å². The molecule has 3 rings (SSSR count). The van der Waals surface area contributed by atoms with Gasteiger partial charge in [0.05, 0.1) is 12.1 Å². The zero-order valence-corrected chi connectivity index (χ0v) is 10.1. The molecular weight excluding hydrogens is 233 g/mol. The third kappa shape index (κ3) is 2.01. The largest absolute Gasteiger partial charge is 0.507 e. The number of rotatable bonds is 3. The summed E-state index contributed by atoms with van der Waals surface area (Å²) in [4.78, 5) is 14.2. The van der Waals surface area contributed by atoms with Gasteiger partial charge >= 0.3 is 0 Å². The van der Waals surface area contributed by atoms with Gasteiger partial charge < -0.3 is 5.11 Å². The molecule has 0 amide bonds. The topological polar surface area (TPSA) is 40.5 Å². The van der Waals surface area contributed by atoms with Crippen molar-refractivity contribution < 1.29 is 14.3 Å². The minimum atomic E-state index is -0.487. The maximum atomic E-state index is 13.1. The van der Waals surface area contributed by atoms with E-state index in [1.165, 1.54) is 18.9 Å². The summed E-state index contributed by atoms with van der Waals surface area (Å²) in [6.07, 6.45) is 3.61. The average Bonchev–Trinajstić information content (AvgIpc) is 2.94. The molecule has 0 radical (unpaired) electrons. The number of aromatic hydroxyl groups is 1. The first-order valence-corrected chi connectivity index (χ1v) is 6.39. The van der Waals surface area contributed by atoms with Crippen molar-refractivity contribution in [3.05, 3.63) is 29.6 Å². The number of carbonyl (C=O) groups excluding carboxylic acids is 1. The number of phenols is 1. The van der Waals surface area contributed by atoms with Crippen molar-refractivity contribution in [2.75, 3.05) is 13.1 Å². The van der Waals surface area contributed by atoms with Crippen LogP contribution in [-0.4, -0.2) is 34.9 Å². The van der Waals surface area contributed by atoms with E-state index in [-0.39, 0.29) is 23.6 Å². The maximum Gasteiger partial charge on any atom is 0.180 e. The van der Waals surface area contributed by atoms with Crippen LogP contribution in [0, 0.1) is 11.7 Å². The highest BCUT2D eigenvalue weighted by Gasteiger charge is 2.38. The Balaban J connectivity index is 1.73. The lowest BCUT2D eigenvalue weighted by Gasteiger charge is -2.25. The van der Waals surface area contributed by atoms with Gasteiger partial charge in [0, 0.05) is 12.6 Å². The number of Topliss-reactive ketones (excluding diaryl/α,β-unsaturated/α-hetero) is 1. The number of likely N-dealkylation sites (tertiary alicyclic amines) is 1. The van der Waals surface area contributed by atoms with E-state index < -0.39 is 5.82 Å². The van der Waals surface area contributed by atoms with E-state index in [0.717, 1.165) is 31.0 Å². The van der Waals surface area contributed by atoms with Gasteiger partial charge in [0.25, 0.3) is 0 Å². The Morgan fingerprint density at radius 1 is 1.44 bits per heavy atom. The average molecular weight is 249 g/mol. The van der Waals surface area contributed by atoms with Gasteiger partial charge in [-0.3, -0.25) is 9.69 Å². The lowest BCUT2D eigenvalue weighted by Crippen LogP contribution is -2.36. The fourth-order valence-electron chi connectivity index (χ4n) is 3.22. The Kier molecular flexibility index (Phi) is 2.82. The van der Waals surface area contributed by atoms with Gasteiger partial charge in [0.15, 0.2) is 5.78 Å². The monoisotopic (exact) mass is 249 g/mol. The Morgan fingerprint density at radius 2 is 2.28 bits per heavy atom. The van der Waals surface area contributed by atoms with Gasteiger partial charge in [-0.15, -0.1) is 0 Å². The van der Waals surface area contributed by atoms with Crippen molar-refractivity contribution >= 4 is 5.78 Å². The summed E-state index contributed by atoms with van der Waals surface area (Å²) in [7, 11) is 0. The van der Waals surface area contributed by atoms with Crippen LogP contribution in [0.15, 0.2) is 18.2 Å². The number of phenolic OH excluding ortho intramolecular Hbond substituents is 1. The lowest BCUT2D eigenvalue weighted by molar-refractivity contribution is 0.0902. The van der Waals surface area contributed by atoms with Crippen LogP contribution in [0.3, 0.4) is 0 Å². The fraction of sp³-hybridized carbons (Fsp3) is 0.500. The van der Waals surface area contributed by atoms with Gasteiger partial charge in [-0.25, -0.2) is 4.39 Å². The summed E-state index contributed by atoms with van der Waals surface area (Å²) >= 11 is 0. The van der Waals surface area contributed by atoms with E-state index in [1.807, 2.05) is 0 Å². The van der Waals surface area contributed by atoms with Crippen LogP contribution in [-0.2, 0) is 0 Å². The predicted octanol–water partition coefficient (Wildman–Crippen LogP) is 2.20. The van der Waals surface area contributed by atoms with Crippen molar-refractivity contribution in [1.82, 2.24) is 4.90 Å². The Hall–Kier alpha value is -1.42. The fourth-order valence-corrected chi connectivity index (χ4v) is 3.22. The van der Waals surface area contributed by atoms with Crippen LogP contribution in [0.2, 0.25) is 0 Å². The molecule has 3 nitrogen and oxygen atoms in total. The molecule has 1 saturated carbocycles. The van der Waals surface area contributed by atoms with Gasteiger partial charge in [-0.05, 0) is 43.4 Å². The highest BCUT2D eigenvalue weighted by molar-refractivity contribution is 6.00. The molecule has 2 aliphatic rings.